The molecule has 1 aliphatic heterocycles. The zero-order valence-corrected chi connectivity index (χ0v) is 14.3. The fraction of sp³-hybridized carbons (Fsp3) is 0.588. The zero-order valence-electron chi connectivity index (χ0n) is 13.5. The van der Waals surface area contributed by atoms with E-state index < -0.39 is 0 Å². The van der Waals surface area contributed by atoms with Gasteiger partial charge in [0.25, 0.3) is 0 Å². The van der Waals surface area contributed by atoms with E-state index in [0.29, 0.717) is 5.92 Å². The van der Waals surface area contributed by atoms with E-state index in [1.165, 1.54) is 35.1 Å². The van der Waals surface area contributed by atoms with Gasteiger partial charge < -0.3 is 10.2 Å². The first-order valence-corrected chi connectivity index (χ1v) is 9.28. The van der Waals surface area contributed by atoms with Crippen LogP contribution in [-0.2, 0) is 17.6 Å². The Bertz CT molecular complexity index is 742. The third-order valence-corrected chi connectivity index (χ3v) is 6.24. The van der Waals surface area contributed by atoms with Crippen molar-refractivity contribution in [3.63, 3.8) is 0 Å². The number of amides is 1. The molecule has 2 aromatic rings. The molecule has 6 heteroatoms. The number of rotatable bonds is 3. The Morgan fingerprint density at radius 3 is 3.09 bits per heavy atom. The van der Waals surface area contributed by atoms with Gasteiger partial charge in [0, 0.05) is 31.4 Å². The van der Waals surface area contributed by atoms with Gasteiger partial charge in [0.15, 0.2) is 0 Å². The van der Waals surface area contributed by atoms with E-state index >= 15 is 0 Å². The minimum Gasteiger partial charge on any atom is -0.369 e. The summed E-state index contributed by atoms with van der Waals surface area (Å²) in [7, 11) is 0. The molecule has 1 aliphatic carbocycles. The molecule has 1 saturated heterocycles. The molecule has 0 radical (unpaired) electrons. The van der Waals surface area contributed by atoms with Gasteiger partial charge in [-0.2, -0.15) is 0 Å². The van der Waals surface area contributed by atoms with E-state index in [1.54, 1.807) is 13.3 Å². The zero-order chi connectivity index (χ0) is 15.8. The van der Waals surface area contributed by atoms with Crippen molar-refractivity contribution in [1.29, 1.82) is 0 Å². The molecule has 5 nitrogen and oxygen atoms in total. The summed E-state index contributed by atoms with van der Waals surface area (Å²) < 4.78 is 0. The third kappa shape index (κ3) is 2.80. The maximum atomic E-state index is 11.5. The van der Waals surface area contributed by atoms with Gasteiger partial charge in [0.2, 0.25) is 5.91 Å². The van der Waals surface area contributed by atoms with Crippen LogP contribution in [0.15, 0.2) is 6.33 Å². The molecule has 2 aromatic heterocycles. The second kappa shape index (κ2) is 6.07. The molecule has 0 aromatic carbocycles. The molecule has 1 atom stereocenters. The van der Waals surface area contributed by atoms with Crippen molar-refractivity contribution < 1.29 is 4.79 Å². The standard InChI is InChI=1S/C17H22N4OS/c1-11(22)21-7-6-12(9-21)8-18-16-15-13-4-2-3-5-14(13)23-17(15)20-10-19-16/h10,12H,2-9H2,1H3,(H,18,19,20)/t12-/m0/s1. The number of hydrogen-bond donors (Lipinski definition) is 1. The molecule has 4 rings (SSSR count). The predicted molar refractivity (Wildman–Crippen MR) is 92.9 cm³/mol. The average molecular weight is 330 g/mol. The van der Waals surface area contributed by atoms with Crippen LogP contribution in [-0.4, -0.2) is 40.4 Å². The van der Waals surface area contributed by atoms with Gasteiger partial charge in [0.05, 0.1) is 5.39 Å². The minimum atomic E-state index is 0.184. The molecule has 2 aliphatic rings. The molecule has 0 spiro atoms. The molecule has 122 valence electrons. The smallest absolute Gasteiger partial charge is 0.219 e. The lowest BCUT2D eigenvalue weighted by Gasteiger charge is -2.16. The first-order valence-electron chi connectivity index (χ1n) is 8.47. The predicted octanol–water partition coefficient (Wildman–Crippen LogP) is 2.85. The molecule has 0 unspecified atom stereocenters. The number of anilines is 1. The van der Waals surface area contributed by atoms with Gasteiger partial charge in [-0.05, 0) is 43.6 Å². The number of nitrogens with zero attached hydrogens (tertiary/aromatic N) is 3. The summed E-state index contributed by atoms with van der Waals surface area (Å²) in [6, 6.07) is 0. The lowest BCUT2D eigenvalue weighted by atomic mass is 9.97. The van der Waals surface area contributed by atoms with Crippen molar-refractivity contribution in [1.82, 2.24) is 14.9 Å². The van der Waals surface area contributed by atoms with Crippen LogP contribution >= 0.6 is 11.3 Å². The second-order valence-electron chi connectivity index (χ2n) is 6.61. The first kappa shape index (κ1) is 14.9. The minimum absolute atomic E-state index is 0.184. The van der Waals surface area contributed by atoms with Crippen molar-refractivity contribution in [3.8, 4) is 0 Å². The number of carbonyl (C=O) groups is 1. The summed E-state index contributed by atoms with van der Waals surface area (Å²) in [5, 5.41) is 4.79. The SMILES string of the molecule is CC(=O)N1CC[C@@H](CNc2ncnc3sc4c(c23)CCCC4)C1. The molecule has 1 fully saturated rings. The Balaban J connectivity index is 1.53. The Kier molecular flexibility index (Phi) is 3.93. The van der Waals surface area contributed by atoms with Crippen LogP contribution in [0.3, 0.4) is 0 Å². The normalized spacial score (nSPS) is 20.7. The number of thiophene rings is 1. The summed E-state index contributed by atoms with van der Waals surface area (Å²) in [6.45, 7) is 4.27. The Morgan fingerprint density at radius 2 is 2.26 bits per heavy atom. The average Bonchev–Trinajstić information content (AvgIpc) is 3.17. The first-order chi connectivity index (χ1) is 11.2. The monoisotopic (exact) mass is 330 g/mol. The highest BCUT2D eigenvalue weighted by Gasteiger charge is 2.25. The number of carbonyl (C=O) groups excluding carboxylic acids is 1. The largest absolute Gasteiger partial charge is 0.369 e. The summed E-state index contributed by atoms with van der Waals surface area (Å²) in [4.78, 5) is 25.0. The van der Waals surface area contributed by atoms with Crippen LogP contribution < -0.4 is 5.32 Å². The molecule has 1 amide bonds. The second-order valence-corrected chi connectivity index (χ2v) is 7.70. The van der Waals surface area contributed by atoms with Crippen LogP contribution in [0.2, 0.25) is 0 Å². The quantitative estimate of drug-likeness (QED) is 0.940. The highest BCUT2D eigenvalue weighted by atomic mass is 32.1. The lowest BCUT2D eigenvalue weighted by molar-refractivity contribution is -0.127. The summed E-state index contributed by atoms with van der Waals surface area (Å²) in [6.07, 6.45) is 7.64. The topological polar surface area (TPSA) is 58.1 Å². The van der Waals surface area contributed by atoms with E-state index in [-0.39, 0.29) is 5.91 Å². The van der Waals surface area contributed by atoms with E-state index in [0.717, 1.165) is 43.1 Å². The Hall–Kier alpha value is -1.69. The van der Waals surface area contributed by atoms with E-state index in [2.05, 4.69) is 15.3 Å². The molecule has 0 saturated carbocycles. The van der Waals surface area contributed by atoms with Crippen LogP contribution in [0, 0.1) is 5.92 Å². The molecule has 1 N–H and O–H groups in total. The van der Waals surface area contributed by atoms with Gasteiger partial charge >= 0.3 is 0 Å². The number of fused-ring (bicyclic) bond motifs is 3. The molecular formula is C17H22N4OS. The Labute approximate surface area is 140 Å². The van der Waals surface area contributed by atoms with E-state index in [1.807, 2.05) is 16.2 Å². The van der Waals surface area contributed by atoms with Crippen molar-refractivity contribution in [3.05, 3.63) is 16.8 Å². The summed E-state index contributed by atoms with van der Waals surface area (Å²) >= 11 is 1.83. The van der Waals surface area contributed by atoms with Crippen LogP contribution in [0.25, 0.3) is 10.2 Å². The van der Waals surface area contributed by atoms with Crippen molar-refractivity contribution in [2.24, 2.45) is 5.92 Å². The van der Waals surface area contributed by atoms with Crippen LogP contribution in [0.5, 0.6) is 0 Å². The van der Waals surface area contributed by atoms with Crippen LogP contribution in [0.4, 0.5) is 5.82 Å². The fourth-order valence-electron chi connectivity index (χ4n) is 3.75. The fourth-order valence-corrected chi connectivity index (χ4v) is 4.98. The van der Waals surface area contributed by atoms with Gasteiger partial charge in [-0.1, -0.05) is 0 Å². The van der Waals surface area contributed by atoms with E-state index in [9.17, 15) is 4.79 Å². The maximum Gasteiger partial charge on any atom is 0.219 e. The number of aryl methyl sites for hydroxylation is 2. The highest BCUT2D eigenvalue weighted by Crippen LogP contribution is 2.38. The number of aromatic nitrogens is 2. The van der Waals surface area contributed by atoms with Gasteiger partial charge in [0.1, 0.15) is 17.0 Å². The van der Waals surface area contributed by atoms with Crippen molar-refractivity contribution in [2.45, 2.75) is 39.0 Å². The molecular weight excluding hydrogens is 308 g/mol. The lowest BCUT2D eigenvalue weighted by Crippen LogP contribution is -2.27. The molecule has 23 heavy (non-hydrogen) atoms. The van der Waals surface area contributed by atoms with Gasteiger partial charge in [-0.3, -0.25) is 4.79 Å². The molecule has 0 bridgehead atoms. The summed E-state index contributed by atoms with van der Waals surface area (Å²) in [5.74, 6) is 1.68. The summed E-state index contributed by atoms with van der Waals surface area (Å²) in [5.41, 5.74) is 1.47. The third-order valence-electron chi connectivity index (χ3n) is 5.04. The van der Waals surface area contributed by atoms with Crippen molar-refractivity contribution >= 4 is 33.3 Å². The van der Waals surface area contributed by atoms with Gasteiger partial charge in [-0.15, -0.1) is 11.3 Å². The Morgan fingerprint density at radius 1 is 1.39 bits per heavy atom. The maximum absolute atomic E-state index is 11.5. The van der Waals surface area contributed by atoms with E-state index in [4.69, 9.17) is 0 Å². The number of hydrogen-bond acceptors (Lipinski definition) is 5. The van der Waals surface area contributed by atoms with Gasteiger partial charge in [-0.25, -0.2) is 9.97 Å². The number of likely N-dealkylation sites (tertiary alicyclic amines) is 1. The number of nitrogens with one attached hydrogen (secondary N) is 1. The van der Waals surface area contributed by atoms with Crippen LogP contribution in [0.1, 0.15) is 36.6 Å². The molecule has 3 heterocycles. The highest BCUT2D eigenvalue weighted by molar-refractivity contribution is 7.19. The van der Waals surface area contributed by atoms with Crippen molar-refractivity contribution in [2.75, 3.05) is 25.0 Å².